The predicted molar refractivity (Wildman–Crippen MR) is 52.0 cm³/mol. The smallest absolute Gasteiger partial charge is 0.0349 e. The van der Waals surface area contributed by atoms with Crippen LogP contribution in [-0.4, -0.2) is 6.54 Å². The van der Waals surface area contributed by atoms with Crippen LogP contribution in [0.25, 0.3) is 0 Å². The Morgan fingerprint density at radius 1 is 1.50 bits per heavy atom. The molecule has 1 rings (SSSR count). The van der Waals surface area contributed by atoms with E-state index in [0.717, 1.165) is 24.2 Å². The van der Waals surface area contributed by atoms with Crippen molar-refractivity contribution in [2.75, 3.05) is 11.9 Å². The number of anilines is 1. The summed E-state index contributed by atoms with van der Waals surface area (Å²) in [6, 6.07) is 8.96. The van der Waals surface area contributed by atoms with E-state index in [9.17, 15) is 0 Å². The van der Waals surface area contributed by atoms with Crippen molar-refractivity contribution in [3.05, 3.63) is 29.8 Å². The first kappa shape index (κ1) is 9.07. The van der Waals surface area contributed by atoms with E-state index >= 15 is 0 Å². The minimum atomic E-state index is 0.581. The molecular weight excluding hydrogens is 148 g/mol. The van der Waals surface area contributed by atoms with Gasteiger partial charge in [0, 0.05) is 18.8 Å². The summed E-state index contributed by atoms with van der Waals surface area (Å²) in [4.78, 5) is 0. The van der Waals surface area contributed by atoms with Crippen molar-refractivity contribution < 1.29 is 0 Å². The van der Waals surface area contributed by atoms with E-state index in [4.69, 9.17) is 5.73 Å². The third kappa shape index (κ3) is 2.55. The molecule has 2 nitrogen and oxygen atoms in total. The Kier molecular flexibility index (Phi) is 3.61. The van der Waals surface area contributed by atoms with Crippen LogP contribution in [0.1, 0.15) is 18.9 Å². The average Bonchev–Trinajstić information content (AvgIpc) is 2.15. The second-order valence-electron chi connectivity index (χ2n) is 2.76. The molecule has 0 fully saturated rings. The molecule has 0 atom stereocenters. The summed E-state index contributed by atoms with van der Waals surface area (Å²) in [7, 11) is 0. The van der Waals surface area contributed by atoms with Gasteiger partial charge in [0.1, 0.15) is 0 Å². The number of nitrogens with one attached hydrogen (secondary N) is 1. The van der Waals surface area contributed by atoms with Crippen LogP contribution in [-0.2, 0) is 6.54 Å². The first-order chi connectivity index (χ1) is 5.86. The Bertz CT molecular complexity index is 233. The van der Waals surface area contributed by atoms with Gasteiger partial charge in [-0.25, -0.2) is 0 Å². The predicted octanol–water partition coefficient (Wildman–Crippen LogP) is 1.77. The zero-order valence-electron chi connectivity index (χ0n) is 7.43. The van der Waals surface area contributed by atoms with Crippen LogP contribution in [0.15, 0.2) is 18.2 Å². The van der Waals surface area contributed by atoms with E-state index in [1.54, 1.807) is 0 Å². The Morgan fingerprint density at radius 2 is 2.33 bits per heavy atom. The molecule has 2 heteroatoms. The fourth-order valence-electron chi connectivity index (χ4n) is 1.01. The minimum Gasteiger partial charge on any atom is -0.385 e. The van der Waals surface area contributed by atoms with Gasteiger partial charge in [0.05, 0.1) is 0 Å². The normalized spacial score (nSPS) is 9.83. The molecule has 0 aliphatic carbocycles. The molecule has 0 heterocycles. The van der Waals surface area contributed by atoms with Gasteiger partial charge in [0.25, 0.3) is 0 Å². The summed E-state index contributed by atoms with van der Waals surface area (Å²) in [6.07, 6.45) is 1.13. The van der Waals surface area contributed by atoms with Gasteiger partial charge in [0.15, 0.2) is 0 Å². The fourth-order valence-corrected chi connectivity index (χ4v) is 1.01. The first-order valence-corrected chi connectivity index (χ1v) is 4.30. The molecule has 65 valence electrons. The molecular formula is C10H15N2. The summed E-state index contributed by atoms with van der Waals surface area (Å²) >= 11 is 0. The lowest BCUT2D eigenvalue weighted by atomic mass is 10.2. The van der Waals surface area contributed by atoms with Crippen molar-refractivity contribution >= 4 is 5.69 Å². The molecule has 0 aliphatic heterocycles. The third-order valence-corrected chi connectivity index (χ3v) is 1.66. The number of nitrogens with two attached hydrogens (primary N) is 1. The van der Waals surface area contributed by atoms with E-state index in [2.05, 4.69) is 24.4 Å². The summed E-state index contributed by atoms with van der Waals surface area (Å²) < 4.78 is 0. The average molecular weight is 163 g/mol. The fraction of sp³-hybridized carbons (Fsp3) is 0.400. The van der Waals surface area contributed by atoms with E-state index in [1.165, 1.54) is 0 Å². The largest absolute Gasteiger partial charge is 0.385 e. The second-order valence-corrected chi connectivity index (χ2v) is 2.76. The number of rotatable bonds is 4. The highest BCUT2D eigenvalue weighted by molar-refractivity contribution is 5.45. The number of hydrogen-bond donors (Lipinski definition) is 2. The van der Waals surface area contributed by atoms with Gasteiger partial charge in [-0.1, -0.05) is 6.92 Å². The second kappa shape index (κ2) is 4.78. The monoisotopic (exact) mass is 163 g/mol. The molecule has 12 heavy (non-hydrogen) atoms. The molecule has 0 saturated heterocycles. The molecule has 1 radical (unpaired) electrons. The quantitative estimate of drug-likeness (QED) is 0.710. The Labute approximate surface area is 73.8 Å². The molecule has 0 aromatic heterocycles. The van der Waals surface area contributed by atoms with Gasteiger partial charge in [-0.2, -0.15) is 0 Å². The molecule has 0 amide bonds. The van der Waals surface area contributed by atoms with Crippen LogP contribution in [0.3, 0.4) is 0 Å². The van der Waals surface area contributed by atoms with Crippen LogP contribution in [0, 0.1) is 6.07 Å². The molecule has 3 N–H and O–H groups in total. The maximum Gasteiger partial charge on any atom is 0.0349 e. The van der Waals surface area contributed by atoms with Crippen molar-refractivity contribution in [1.82, 2.24) is 0 Å². The molecule has 0 aliphatic rings. The molecule has 1 aromatic rings. The van der Waals surface area contributed by atoms with Crippen LogP contribution in [0.2, 0.25) is 0 Å². The highest BCUT2D eigenvalue weighted by atomic mass is 14.9. The molecule has 0 saturated carbocycles. The van der Waals surface area contributed by atoms with Crippen molar-refractivity contribution in [3.63, 3.8) is 0 Å². The zero-order chi connectivity index (χ0) is 8.81. The maximum atomic E-state index is 5.50. The Balaban J connectivity index is 2.60. The molecule has 0 bridgehead atoms. The SMILES string of the molecule is CCCNc1c[c]cc(CN)c1. The highest BCUT2D eigenvalue weighted by Gasteiger charge is 1.92. The topological polar surface area (TPSA) is 38.0 Å². The lowest BCUT2D eigenvalue weighted by molar-refractivity contribution is 0.977. The van der Waals surface area contributed by atoms with E-state index in [0.29, 0.717) is 6.54 Å². The van der Waals surface area contributed by atoms with E-state index in [-0.39, 0.29) is 0 Å². The van der Waals surface area contributed by atoms with Crippen molar-refractivity contribution in [2.24, 2.45) is 5.73 Å². The van der Waals surface area contributed by atoms with Crippen LogP contribution >= 0.6 is 0 Å². The van der Waals surface area contributed by atoms with Gasteiger partial charge in [-0.15, -0.1) is 0 Å². The van der Waals surface area contributed by atoms with Gasteiger partial charge >= 0.3 is 0 Å². The van der Waals surface area contributed by atoms with E-state index in [1.807, 2.05) is 12.1 Å². The highest BCUT2D eigenvalue weighted by Crippen LogP contribution is 2.08. The summed E-state index contributed by atoms with van der Waals surface area (Å²) in [5.41, 5.74) is 7.73. The lowest BCUT2D eigenvalue weighted by Gasteiger charge is -2.05. The van der Waals surface area contributed by atoms with Crippen molar-refractivity contribution in [2.45, 2.75) is 19.9 Å². The van der Waals surface area contributed by atoms with Gasteiger partial charge < -0.3 is 11.1 Å². The van der Waals surface area contributed by atoms with Crippen molar-refractivity contribution in [3.8, 4) is 0 Å². The Morgan fingerprint density at radius 3 is 3.00 bits per heavy atom. The zero-order valence-corrected chi connectivity index (χ0v) is 7.43. The number of hydrogen-bond acceptors (Lipinski definition) is 2. The molecule has 1 aromatic carbocycles. The van der Waals surface area contributed by atoms with E-state index < -0.39 is 0 Å². The molecule has 0 unspecified atom stereocenters. The van der Waals surface area contributed by atoms with Crippen LogP contribution in [0.4, 0.5) is 5.69 Å². The summed E-state index contributed by atoms with van der Waals surface area (Å²) in [6.45, 7) is 3.73. The minimum absolute atomic E-state index is 0.581. The molecule has 0 spiro atoms. The van der Waals surface area contributed by atoms with Crippen molar-refractivity contribution in [1.29, 1.82) is 0 Å². The standard InChI is InChI=1S/C10H15N2/c1-2-6-12-10-5-3-4-9(7-10)8-11/h4-5,7,12H,2,6,8,11H2,1H3. The first-order valence-electron chi connectivity index (χ1n) is 4.30. The summed E-state index contributed by atoms with van der Waals surface area (Å²) in [5, 5.41) is 3.28. The van der Waals surface area contributed by atoms with Gasteiger partial charge in [0.2, 0.25) is 0 Å². The van der Waals surface area contributed by atoms with Gasteiger partial charge in [-0.3, -0.25) is 0 Å². The maximum absolute atomic E-state index is 5.50. The Hall–Kier alpha value is -1.02. The summed E-state index contributed by atoms with van der Waals surface area (Å²) in [5.74, 6) is 0. The van der Waals surface area contributed by atoms with Crippen LogP contribution < -0.4 is 11.1 Å². The van der Waals surface area contributed by atoms with Crippen LogP contribution in [0.5, 0.6) is 0 Å². The number of benzene rings is 1. The lowest BCUT2D eigenvalue weighted by Crippen LogP contribution is -2.01. The van der Waals surface area contributed by atoms with Gasteiger partial charge in [-0.05, 0) is 36.2 Å². The third-order valence-electron chi connectivity index (χ3n) is 1.66.